The topological polar surface area (TPSA) is 35.2 Å². The van der Waals surface area contributed by atoms with E-state index in [0.717, 1.165) is 12.0 Å². The lowest BCUT2D eigenvalue weighted by atomic mass is 10.0. The van der Waals surface area contributed by atoms with Crippen LogP contribution in [0.2, 0.25) is 0 Å². The van der Waals surface area contributed by atoms with Crippen LogP contribution in [0.5, 0.6) is 5.75 Å². The standard InChI is InChI=1S/C14H16FNOS/c1-2-13(16)14(10-6-7-18-9-10)17-12-5-3-4-11(15)8-12/h3-9,13-14H,2,16H2,1H3. The van der Waals surface area contributed by atoms with Crippen LogP contribution in [0.3, 0.4) is 0 Å². The van der Waals surface area contributed by atoms with Gasteiger partial charge < -0.3 is 10.5 Å². The lowest BCUT2D eigenvalue weighted by Crippen LogP contribution is -2.31. The van der Waals surface area contributed by atoms with Gasteiger partial charge in [-0.3, -0.25) is 0 Å². The van der Waals surface area contributed by atoms with Crippen molar-refractivity contribution in [1.29, 1.82) is 0 Å². The Morgan fingerprint density at radius 1 is 1.39 bits per heavy atom. The molecule has 2 rings (SSSR count). The molecule has 2 atom stereocenters. The molecule has 0 aliphatic carbocycles. The maximum Gasteiger partial charge on any atom is 0.140 e. The van der Waals surface area contributed by atoms with E-state index < -0.39 is 0 Å². The Kier molecular flexibility index (Phi) is 4.33. The van der Waals surface area contributed by atoms with Gasteiger partial charge in [0.1, 0.15) is 17.7 Å². The average Bonchev–Trinajstić information content (AvgIpc) is 2.89. The molecule has 2 N–H and O–H groups in total. The molecule has 0 radical (unpaired) electrons. The average molecular weight is 265 g/mol. The summed E-state index contributed by atoms with van der Waals surface area (Å²) in [5.74, 6) is 0.205. The van der Waals surface area contributed by atoms with Crippen LogP contribution in [0.4, 0.5) is 4.39 Å². The van der Waals surface area contributed by atoms with E-state index in [1.165, 1.54) is 12.1 Å². The van der Waals surface area contributed by atoms with Gasteiger partial charge >= 0.3 is 0 Å². The Hall–Kier alpha value is -1.39. The zero-order chi connectivity index (χ0) is 13.0. The summed E-state index contributed by atoms with van der Waals surface area (Å²) in [6.07, 6.45) is 0.568. The molecular weight excluding hydrogens is 249 g/mol. The summed E-state index contributed by atoms with van der Waals surface area (Å²) in [5, 5.41) is 4.00. The van der Waals surface area contributed by atoms with Gasteiger partial charge in [-0.05, 0) is 35.4 Å². The second-order valence-corrected chi connectivity index (χ2v) is 4.90. The van der Waals surface area contributed by atoms with Crippen LogP contribution in [0, 0.1) is 5.82 Å². The van der Waals surface area contributed by atoms with Crippen LogP contribution in [-0.4, -0.2) is 6.04 Å². The minimum absolute atomic E-state index is 0.108. The number of ether oxygens (including phenoxy) is 1. The van der Waals surface area contributed by atoms with Crippen molar-refractivity contribution in [1.82, 2.24) is 0 Å². The fourth-order valence-electron chi connectivity index (χ4n) is 1.74. The van der Waals surface area contributed by atoms with E-state index in [-0.39, 0.29) is 18.0 Å². The Labute approximate surface area is 110 Å². The summed E-state index contributed by atoms with van der Waals surface area (Å²) < 4.78 is 19.0. The quantitative estimate of drug-likeness (QED) is 0.893. The molecule has 96 valence electrons. The Morgan fingerprint density at radius 3 is 2.83 bits per heavy atom. The van der Waals surface area contributed by atoms with Gasteiger partial charge in [-0.2, -0.15) is 11.3 Å². The minimum atomic E-state index is -0.304. The highest BCUT2D eigenvalue weighted by Gasteiger charge is 2.21. The maximum absolute atomic E-state index is 13.1. The van der Waals surface area contributed by atoms with E-state index in [2.05, 4.69) is 0 Å². The molecule has 0 fully saturated rings. The van der Waals surface area contributed by atoms with E-state index in [1.807, 2.05) is 23.8 Å². The first kappa shape index (κ1) is 13.1. The predicted octanol–water partition coefficient (Wildman–Crippen LogP) is 3.74. The molecule has 0 saturated carbocycles. The maximum atomic E-state index is 13.1. The third-order valence-corrected chi connectivity index (χ3v) is 3.49. The molecule has 2 unspecified atom stereocenters. The molecular formula is C14H16FNOS. The first-order valence-corrected chi connectivity index (χ1v) is 6.85. The van der Waals surface area contributed by atoms with Crippen molar-refractivity contribution >= 4 is 11.3 Å². The van der Waals surface area contributed by atoms with Gasteiger partial charge in [-0.25, -0.2) is 4.39 Å². The molecule has 0 amide bonds. The SMILES string of the molecule is CCC(N)C(Oc1cccc(F)c1)c1ccsc1. The van der Waals surface area contributed by atoms with Gasteiger partial charge in [0.2, 0.25) is 0 Å². The molecule has 0 spiro atoms. The van der Waals surface area contributed by atoms with Gasteiger partial charge in [0, 0.05) is 17.7 Å². The van der Waals surface area contributed by atoms with Crippen LogP contribution < -0.4 is 10.5 Å². The summed E-state index contributed by atoms with van der Waals surface area (Å²) >= 11 is 1.60. The fourth-order valence-corrected chi connectivity index (χ4v) is 2.42. The summed E-state index contributed by atoms with van der Waals surface area (Å²) in [5.41, 5.74) is 7.12. The molecule has 2 aromatic rings. The number of halogens is 1. The molecule has 2 nitrogen and oxygen atoms in total. The monoisotopic (exact) mass is 265 g/mol. The van der Waals surface area contributed by atoms with Crippen LogP contribution in [0.15, 0.2) is 41.1 Å². The second-order valence-electron chi connectivity index (χ2n) is 4.12. The lowest BCUT2D eigenvalue weighted by molar-refractivity contribution is 0.171. The number of thiophene rings is 1. The van der Waals surface area contributed by atoms with E-state index in [0.29, 0.717) is 5.75 Å². The van der Waals surface area contributed by atoms with Crippen molar-refractivity contribution < 1.29 is 9.13 Å². The van der Waals surface area contributed by atoms with Gasteiger partial charge in [-0.15, -0.1) is 0 Å². The Bertz CT molecular complexity index is 486. The largest absolute Gasteiger partial charge is 0.484 e. The van der Waals surface area contributed by atoms with E-state index in [1.54, 1.807) is 23.5 Å². The van der Waals surface area contributed by atoms with E-state index in [4.69, 9.17) is 10.5 Å². The smallest absolute Gasteiger partial charge is 0.140 e. The van der Waals surface area contributed by atoms with Crippen molar-refractivity contribution in [2.24, 2.45) is 5.73 Å². The van der Waals surface area contributed by atoms with Crippen molar-refractivity contribution in [2.45, 2.75) is 25.5 Å². The third kappa shape index (κ3) is 3.09. The van der Waals surface area contributed by atoms with E-state index >= 15 is 0 Å². The van der Waals surface area contributed by atoms with Crippen molar-refractivity contribution in [3.8, 4) is 5.75 Å². The Morgan fingerprint density at radius 2 is 2.22 bits per heavy atom. The molecule has 0 saturated heterocycles. The predicted molar refractivity (Wildman–Crippen MR) is 72.4 cm³/mol. The van der Waals surface area contributed by atoms with Gasteiger partial charge in [0.15, 0.2) is 0 Å². The molecule has 1 aromatic heterocycles. The molecule has 0 aliphatic heterocycles. The molecule has 1 aromatic carbocycles. The van der Waals surface area contributed by atoms with Gasteiger partial charge in [0.05, 0.1) is 0 Å². The Balaban J connectivity index is 2.20. The van der Waals surface area contributed by atoms with Crippen molar-refractivity contribution in [2.75, 3.05) is 0 Å². The minimum Gasteiger partial charge on any atom is -0.484 e. The fraction of sp³-hybridized carbons (Fsp3) is 0.286. The van der Waals surface area contributed by atoms with Gasteiger partial charge in [0.25, 0.3) is 0 Å². The summed E-state index contributed by atoms with van der Waals surface area (Å²) in [6, 6.07) is 8.03. The van der Waals surface area contributed by atoms with Crippen LogP contribution in [0.25, 0.3) is 0 Å². The molecule has 0 bridgehead atoms. The van der Waals surface area contributed by atoms with Crippen LogP contribution >= 0.6 is 11.3 Å². The first-order valence-electron chi connectivity index (χ1n) is 5.90. The van der Waals surface area contributed by atoms with Crippen LogP contribution in [-0.2, 0) is 0 Å². The number of rotatable bonds is 5. The number of benzene rings is 1. The van der Waals surface area contributed by atoms with Crippen LogP contribution in [0.1, 0.15) is 25.0 Å². The number of nitrogens with two attached hydrogens (primary N) is 1. The lowest BCUT2D eigenvalue weighted by Gasteiger charge is -2.23. The first-order chi connectivity index (χ1) is 8.70. The highest BCUT2D eigenvalue weighted by Crippen LogP contribution is 2.27. The summed E-state index contributed by atoms with van der Waals surface area (Å²) in [6.45, 7) is 2.01. The highest BCUT2D eigenvalue weighted by atomic mass is 32.1. The molecule has 0 aliphatic rings. The third-order valence-electron chi connectivity index (χ3n) is 2.79. The summed E-state index contributed by atoms with van der Waals surface area (Å²) in [4.78, 5) is 0. The van der Waals surface area contributed by atoms with Crippen molar-refractivity contribution in [3.63, 3.8) is 0 Å². The normalized spacial score (nSPS) is 14.2. The molecule has 18 heavy (non-hydrogen) atoms. The van der Waals surface area contributed by atoms with Crippen molar-refractivity contribution in [3.05, 3.63) is 52.5 Å². The number of hydrogen-bond donors (Lipinski definition) is 1. The molecule has 1 heterocycles. The van der Waals surface area contributed by atoms with E-state index in [9.17, 15) is 4.39 Å². The second kappa shape index (κ2) is 5.98. The highest BCUT2D eigenvalue weighted by molar-refractivity contribution is 7.07. The molecule has 4 heteroatoms. The zero-order valence-electron chi connectivity index (χ0n) is 10.2. The van der Waals surface area contributed by atoms with Gasteiger partial charge in [-0.1, -0.05) is 13.0 Å². The zero-order valence-corrected chi connectivity index (χ0v) is 11.0. The number of hydrogen-bond acceptors (Lipinski definition) is 3. The summed E-state index contributed by atoms with van der Waals surface area (Å²) in [7, 11) is 0.